The molecule has 0 aromatic rings. The Hall–Kier alpha value is -0.240. The van der Waals surface area contributed by atoms with Gasteiger partial charge in [-0.1, -0.05) is 0 Å². The van der Waals surface area contributed by atoms with Crippen LogP contribution in [0.2, 0.25) is 0 Å². The predicted molar refractivity (Wildman–Crippen MR) is 38.0 cm³/mol. The zero-order valence-electron chi connectivity index (χ0n) is 6.37. The third-order valence-electron chi connectivity index (χ3n) is 1.95. The first-order valence-corrected chi connectivity index (χ1v) is 3.64. The fourth-order valence-electron chi connectivity index (χ4n) is 1.12. The Balaban J connectivity index is 2.63. The van der Waals surface area contributed by atoms with Crippen LogP contribution < -0.4 is 5.73 Å². The van der Waals surface area contributed by atoms with Crippen LogP contribution in [0.4, 0.5) is 0 Å². The van der Waals surface area contributed by atoms with Crippen molar-refractivity contribution in [2.75, 3.05) is 6.61 Å². The summed E-state index contributed by atoms with van der Waals surface area (Å²) in [6, 6.07) is -1.04. The van der Waals surface area contributed by atoms with E-state index in [-0.39, 0.29) is 0 Å². The minimum atomic E-state index is -1.35. The minimum Gasteiger partial charge on any atom is -0.394 e. The number of nitrogens with two attached hydrogens (primary N) is 1. The summed E-state index contributed by atoms with van der Waals surface area (Å²) in [5, 5.41) is 36.1. The van der Waals surface area contributed by atoms with Crippen molar-refractivity contribution in [3.63, 3.8) is 0 Å². The van der Waals surface area contributed by atoms with Crippen molar-refractivity contribution in [2.45, 2.75) is 30.6 Å². The molecule has 6 nitrogen and oxygen atoms in total. The average Bonchev–Trinajstić information content (AvgIpc) is 2.08. The molecule has 1 heterocycles. The van der Waals surface area contributed by atoms with Gasteiger partial charge < -0.3 is 30.9 Å². The lowest BCUT2D eigenvalue weighted by molar-refractivity contribution is -0.248. The van der Waals surface area contributed by atoms with E-state index in [0.29, 0.717) is 0 Å². The molecule has 0 aromatic heterocycles. The molecular formula is C6H13NO5. The van der Waals surface area contributed by atoms with Crippen LogP contribution in [0.1, 0.15) is 0 Å². The summed E-state index contributed by atoms with van der Waals surface area (Å²) < 4.78 is 4.70. The van der Waals surface area contributed by atoms with Crippen molar-refractivity contribution in [3.8, 4) is 0 Å². The Morgan fingerprint density at radius 3 is 2.25 bits per heavy atom. The average molecular weight is 179 g/mol. The Labute approximate surface area is 69.2 Å². The monoisotopic (exact) mass is 179 g/mol. The van der Waals surface area contributed by atoms with Crippen LogP contribution >= 0.6 is 0 Å². The minimum absolute atomic E-state index is 0.470. The zero-order chi connectivity index (χ0) is 9.30. The smallest absolute Gasteiger partial charge is 0.173 e. The fourth-order valence-corrected chi connectivity index (χ4v) is 1.12. The Bertz CT molecular complexity index is 150. The van der Waals surface area contributed by atoms with E-state index < -0.39 is 37.3 Å². The molecule has 1 aliphatic heterocycles. The molecule has 5 atom stereocenters. The Morgan fingerprint density at radius 2 is 1.75 bits per heavy atom. The number of hydrogen-bond donors (Lipinski definition) is 5. The molecule has 1 rings (SSSR count). The molecule has 6 N–H and O–H groups in total. The summed E-state index contributed by atoms with van der Waals surface area (Å²) in [4.78, 5) is 0. The highest BCUT2D eigenvalue weighted by molar-refractivity contribution is 4.90. The molecule has 1 aliphatic rings. The largest absolute Gasteiger partial charge is 0.394 e. The number of rotatable bonds is 1. The lowest BCUT2D eigenvalue weighted by atomic mass is 9.98. The van der Waals surface area contributed by atoms with Gasteiger partial charge in [0.15, 0.2) is 6.29 Å². The Kier molecular flexibility index (Phi) is 2.99. The summed E-state index contributed by atoms with van der Waals surface area (Å²) in [5.74, 6) is 0. The maximum absolute atomic E-state index is 9.20. The summed E-state index contributed by atoms with van der Waals surface area (Å²) in [7, 11) is 0. The van der Waals surface area contributed by atoms with Crippen molar-refractivity contribution in [2.24, 2.45) is 5.73 Å². The standard InChI is InChI=1S/C6H13NO5/c7-3-5(10)4(9)2(1-8)12-6(3)11/h2-6,8-11H,1,7H2/t2-,3-,4-,5?,6?/m1/s1. The SMILES string of the molecule is N[C@H]1C(O)O[C@H](CO)[C@@H](O)C1O. The fraction of sp³-hybridized carbons (Fsp3) is 1.00. The van der Waals surface area contributed by atoms with E-state index in [1.165, 1.54) is 0 Å². The van der Waals surface area contributed by atoms with Crippen molar-refractivity contribution in [1.29, 1.82) is 0 Å². The summed E-state index contributed by atoms with van der Waals surface area (Å²) in [6.07, 6.45) is -4.85. The lowest BCUT2D eigenvalue weighted by Crippen LogP contribution is -2.61. The van der Waals surface area contributed by atoms with Crippen molar-refractivity contribution in [1.82, 2.24) is 0 Å². The van der Waals surface area contributed by atoms with Crippen molar-refractivity contribution >= 4 is 0 Å². The van der Waals surface area contributed by atoms with E-state index in [1.54, 1.807) is 0 Å². The van der Waals surface area contributed by atoms with Crippen molar-refractivity contribution in [3.05, 3.63) is 0 Å². The van der Waals surface area contributed by atoms with E-state index >= 15 is 0 Å². The molecule has 72 valence electrons. The number of aliphatic hydroxyl groups excluding tert-OH is 4. The first-order chi connectivity index (χ1) is 5.57. The summed E-state index contributed by atoms with van der Waals surface area (Å²) in [6.45, 7) is -0.470. The van der Waals surface area contributed by atoms with E-state index in [1.807, 2.05) is 0 Å². The second-order valence-electron chi connectivity index (χ2n) is 2.81. The summed E-state index contributed by atoms with van der Waals surface area (Å²) in [5.41, 5.74) is 5.26. The third kappa shape index (κ3) is 1.58. The van der Waals surface area contributed by atoms with Gasteiger partial charge in [-0.15, -0.1) is 0 Å². The quantitative estimate of drug-likeness (QED) is 0.288. The van der Waals surface area contributed by atoms with Gasteiger partial charge in [-0.25, -0.2) is 0 Å². The van der Waals surface area contributed by atoms with Crippen LogP contribution in [-0.4, -0.2) is 57.7 Å². The molecular weight excluding hydrogens is 166 g/mol. The van der Waals surface area contributed by atoms with Gasteiger partial charge in [-0.2, -0.15) is 0 Å². The lowest BCUT2D eigenvalue weighted by Gasteiger charge is -2.38. The first-order valence-electron chi connectivity index (χ1n) is 3.64. The highest BCUT2D eigenvalue weighted by atomic mass is 16.6. The first kappa shape index (κ1) is 9.85. The van der Waals surface area contributed by atoms with E-state index in [9.17, 15) is 10.2 Å². The van der Waals surface area contributed by atoms with Gasteiger partial charge in [-0.05, 0) is 0 Å². The van der Waals surface area contributed by atoms with Gasteiger partial charge in [0.25, 0.3) is 0 Å². The molecule has 1 fully saturated rings. The zero-order valence-corrected chi connectivity index (χ0v) is 6.37. The van der Waals surface area contributed by atoms with Gasteiger partial charge in [0.05, 0.1) is 12.6 Å². The third-order valence-corrected chi connectivity index (χ3v) is 1.95. The van der Waals surface area contributed by atoms with Crippen LogP contribution in [0.3, 0.4) is 0 Å². The molecule has 2 unspecified atom stereocenters. The van der Waals surface area contributed by atoms with E-state index in [4.69, 9.17) is 20.7 Å². The van der Waals surface area contributed by atoms with Gasteiger partial charge in [-0.3, -0.25) is 0 Å². The number of ether oxygens (including phenoxy) is 1. The highest BCUT2D eigenvalue weighted by Crippen LogP contribution is 2.17. The van der Waals surface area contributed by atoms with E-state index in [0.717, 1.165) is 0 Å². The maximum atomic E-state index is 9.20. The highest BCUT2D eigenvalue weighted by Gasteiger charge is 2.41. The molecule has 0 aliphatic carbocycles. The molecule has 12 heavy (non-hydrogen) atoms. The van der Waals surface area contributed by atoms with Gasteiger partial charge in [0.1, 0.15) is 18.3 Å². The number of aliphatic hydroxyl groups is 4. The molecule has 0 aromatic carbocycles. The maximum Gasteiger partial charge on any atom is 0.173 e. The molecule has 0 bridgehead atoms. The molecule has 6 heteroatoms. The van der Waals surface area contributed by atoms with Crippen LogP contribution in [0, 0.1) is 0 Å². The predicted octanol–water partition coefficient (Wildman–Crippen LogP) is -3.25. The number of hydrogen-bond acceptors (Lipinski definition) is 6. The molecule has 0 amide bonds. The van der Waals surface area contributed by atoms with Crippen LogP contribution in [-0.2, 0) is 4.74 Å². The molecule has 0 spiro atoms. The van der Waals surface area contributed by atoms with Gasteiger partial charge in [0.2, 0.25) is 0 Å². The van der Waals surface area contributed by atoms with Gasteiger partial charge >= 0.3 is 0 Å². The Morgan fingerprint density at radius 1 is 1.17 bits per heavy atom. The second-order valence-corrected chi connectivity index (χ2v) is 2.81. The normalized spacial score (nSPS) is 49.2. The molecule has 0 radical (unpaired) electrons. The van der Waals surface area contributed by atoms with Crippen LogP contribution in [0.25, 0.3) is 0 Å². The van der Waals surface area contributed by atoms with E-state index in [2.05, 4.69) is 0 Å². The van der Waals surface area contributed by atoms with Gasteiger partial charge in [0, 0.05) is 0 Å². The topological polar surface area (TPSA) is 116 Å². The van der Waals surface area contributed by atoms with Crippen LogP contribution in [0.5, 0.6) is 0 Å². The summed E-state index contributed by atoms with van der Waals surface area (Å²) >= 11 is 0. The van der Waals surface area contributed by atoms with Crippen LogP contribution in [0.15, 0.2) is 0 Å². The van der Waals surface area contributed by atoms with Crippen molar-refractivity contribution < 1.29 is 25.2 Å². The molecule has 0 saturated carbocycles. The second kappa shape index (κ2) is 3.65. The molecule has 1 saturated heterocycles.